The maximum absolute atomic E-state index is 12.4. The number of nitrogens with one attached hydrogen (secondary N) is 1. The van der Waals surface area contributed by atoms with Gasteiger partial charge in [-0.1, -0.05) is 17.7 Å². The molecule has 0 radical (unpaired) electrons. The Labute approximate surface area is 130 Å². The zero-order chi connectivity index (χ0) is 15.6. The van der Waals surface area contributed by atoms with Gasteiger partial charge in [-0.3, -0.25) is 4.72 Å². The second-order valence-corrected chi connectivity index (χ2v) is 7.14. The van der Waals surface area contributed by atoms with Gasteiger partial charge in [0.1, 0.15) is 0 Å². The van der Waals surface area contributed by atoms with Crippen molar-refractivity contribution >= 4 is 44.6 Å². The number of ether oxygens (including phenoxy) is 1. The Morgan fingerprint density at radius 3 is 2.81 bits per heavy atom. The van der Waals surface area contributed by atoms with Gasteiger partial charge in [0, 0.05) is 5.02 Å². The van der Waals surface area contributed by atoms with Gasteiger partial charge in [-0.2, -0.15) is 0 Å². The highest BCUT2D eigenvalue weighted by atomic mass is 35.5. The summed E-state index contributed by atoms with van der Waals surface area (Å²) in [5.74, 6) is -0.806. The largest absolute Gasteiger partial charge is 0.464 e. The van der Waals surface area contributed by atoms with Crippen LogP contribution in [-0.2, 0) is 14.8 Å². The second kappa shape index (κ2) is 6.00. The molecule has 0 saturated heterocycles. The third-order valence-electron chi connectivity index (χ3n) is 2.67. The van der Waals surface area contributed by atoms with Crippen LogP contribution in [0.5, 0.6) is 0 Å². The summed E-state index contributed by atoms with van der Waals surface area (Å²) >= 11 is 6.79. The maximum atomic E-state index is 12.4. The van der Waals surface area contributed by atoms with Crippen molar-refractivity contribution in [3.63, 3.8) is 0 Å². The van der Waals surface area contributed by atoms with Crippen molar-refractivity contribution in [1.29, 1.82) is 0 Å². The van der Waals surface area contributed by atoms with Crippen molar-refractivity contribution in [1.82, 2.24) is 4.98 Å². The van der Waals surface area contributed by atoms with Gasteiger partial charge in [0.15, 0.2) is 9.90 Å². The van der Waals surface area contributed by atoms with Crippen LogP contribution in [0.4, 0.5) is 5.69 Å². The van der Waals surface area contributed by atoms with Crippen LogP contribution in [0.1, 0.15) is 16.1 Å². The number of esters is 1. The lowest BCUT2D eigenvalue weighted by Crippen LogP contribution is -2.16. The van der Waals surface area contributed by atoms with Gasteiger partial charge in [0.25, 0.3) is 10.0 Å². The normalized spacial score (nSPS) is 11.2. The van der Waals surface area contributed by atoms with Crippen molar-refractivity contribution in [3.8, 4) is 0 Å². The number of halogens is 1. The minimum Gasteiger partial charge on any atom is -0.464 e. The molecule has 1 N–H and O–H groups in total. The summed E-state index contributed by atoms with van der Waals surface area (Å²) in [6, 6.07) is 4.86. The van der Waals surface area contributed by atoms with Gasteiger partial charge >= 0.3 is 5.97 Å². The predicted molar refractivity (Wildman–Crippen MR) is 80.5 cm³/mol. The lowest BCUT2D eigenvalue weighted by molar-refractivity contribution is 0.0590. The summed E-state index contributed by atoms with van der Waals surface area (Å²) in [7, 11) is -2.79. The van der Waals surface area contributed by atoms with Gasteiger partial charge in [-0.15, -0.1) is 11.3 Å². The second-order valence-electron chi connectivity index (χ2n) is 4.00. The lowest BCUT2D eigenvalue weighted by atomic mass is 10.2. The summed E-state index contributed by atoms with van der Waals surface area (Å²) in [5, 5.41) is 0.438. The van der Waals surface area contributed by atoms with Crippen molar-refractivity contribution < 1.29 is 17.9 Å². The molecule has 0 spiro atoms. The summed E-state index contributed by atoms with van der Waals surface area (Å²) in [6.45, 7) is 1.69. The van der Waals surface area contributed by atoms with Gasteiger partial charge in [0.05, 0.1) is 18.3 Å². The summed E-state index contributed by atoms with van der Waals surface area (Å²) in [5.41, 5.74) is 1.96. The van der Waals surface area contributed by atoms with Gasteiger partial charge in [-0.25, -0.2) is 18.2 Å². The zero-order valence-electron chi connectivity index (χ0n) is 11.1. The fraction of sp³-hybridized carbons (Fsp3) is 0.167. The topological polar surface area (TPSA) is 85.4 Å². The molecule has 0 saturated carbocycles. The molecule has 1 aromatic heterocycles. The van der Waals surface area contributed by atoms with Crippen LogP contribution >= 0.6 is 22.9 Å². The number of methoxy groups -OCH3 is 1. The van der Waals surface area contributed by atoms with Crippen LogP contribution in [0, 0.1) is 6.92 Å². The van der Waals surface area contributed by atoms with E-state index in [4.69, 9.17) is 11.6 Å². The first kappa shape index (κ1) is 15.7. The highest BCUT2D eigenvalue weighted by Gasteiger charge is 2.27. The molecule has 0 atom stereocenters. The fourth-order valence-electron chi connectivity index (χ4n) is 1.57. The van der Waals surface area contributed by atoms with E-state index in [2.05, 4.69) is 14.4 Å². The average Bonchev–Trinajstić information content (AvgIpc) is 2.93. The molecule has 6 nitrogen and oxygen atoms in total. The Bertz CT molecular complexity index is 786. The molecule has 9 heteroatoms. The van der Waals surface area contributed by atoms with Crippen LogP contribution in [0.25, 0.3) is 0 Å². The number of sulfonamides is 1. The SMILES string of the molecule is COC(=O)c1ncsc1S(=O)(=O)Nc1cccc(Cl)c1C. The molecular formula is C12H11ClN2O4S2. The van der Waals surface area contributed by atoms with Gasteiger partial charge < -0.3 is 4.74 Å². The molecule has 0 aliphatic rings. The Balaban J connectivity index is 2.42. The third kappa shape index (κ3) is 3.17. The van der Waals surface area contributed by atoms with E-state index in [-0.39, 0.29) is 9.90 Å². The summed E-state index contributed by atoms with van der Waals surface area (Å²) in [4.78, 5) is 15.3. The number of benzene rings is 1. The molecule has 0 fully saturated rings. The van der Waals surface area contributed by atoms with Crippen LogP contribution in [0.3, 0.4) is 0 Å². The van der Waals surface area contributed by atoms with Crippen LogP contribution < -0.4 is 4.72 Å². The van der Waals surface area contributed by atoms with E-state index in [0.717, 1.165) is 18.4 Å². The zero-order valence-corrected chi connectivity index (χ0v) is 13.5. The maximum Gasteiger partial charge on any atom is 0.358 e. The molecular weight excluding hydrogens is 336 g/mol. The predicted octanol–water partition coefficient (Wildman–Crippen LogP) is 2.69. The van der Waals surface area contributed by atoms with E-state index < -0.39 is 16.0 Å². The average molecular weight is 347 g/mol. The minimum atomic E-state index is -3.95. The highest BCUT2D eigenvalue weighted by molar-refractivity contribution is 7.94. The molecule has 2 aromatic rings. The highest BCUT2D eigenvalue weighted by Crippen LogP contribution is 2.28. The Morgan fingerprint density at radius 2 is 2.14 bits per heavy atom. The van der Waals surface area contributed by atoms with E-state index in [0.29, 0.717) is 16.3 Å². The number of hydrogen-bond donors (Lipinski definition) is 1. The molecule has 2 rings (SSSR count). The fourth-order valence-corrected chi connectivity index (χ4v) is 4.00. The van der Waals surface area contributed by atoms with Crippen molar-refractivity contribution in [2.75, 3.05) is 11.8 Å². The van der Waals surface area contributed by atoms with E-state index in [1.54, 1.807) is 25.1 Å². The summed E-state index contributed by atoms with van der Waals surface area (Å²) < 4.78 is 31.5. The van der Waals surface area contributed by atoms with Crippen LogP contribution in [0.15, 0.2) is 27.9 Å². The molecule has 0 unspecified atom stereocenters. The first-order chi connectivity index (χ1) is 9.86. The lowest BCUT2D eigenvalue weighted by Gasteiger charge is -2.10. The molecule has 1 heterocycles. The quantitative estimate of drug-likeness (QED) is 0.860. The smallest absolute Gasteiger partial charge is 0.358 e. The number of carbonyl (C=O) groups is 1. The van der Waals surface area contributed by atoms with E-state index in [9.17, 15) is 13.2 Å². The number of thiazole rings is 1. The van der Waals surface area contributed by atoms with Gasteiger partial charge in [0.2, 0.25) is 0 Å². The number of nitrogens with zero attached hydrogens (tertiary/aromatic N) is 1. The van der Waals surface area contributed by atoms with Crippen molar-refractivity contribution in [2.45, 2.75) is 11.1 Å². The molecule has 112 valence electrons. The van der Waals surface area contributed by atoms with E-state index in [1.807, 2.05) is 0 Å². The van der Waals surface area contributed by atoms with Crippen molar-refractivity contribution in [2.24, 2.45) is 0 Å². The Hall–Kier alpha value is -1.64. The molecule has 0 aliphatic carbocycles. The number of hydrogen-bond acceptors (Lipinski definition) is 6. The number of rotatable bonds is 4. The van der Waals surface area contributed by atoms with Gasteiger partial charge in [-0.05, 0) is 24.6 Å². The van der Waals surface area contributed by atoms with E-state index >= 15 is 0 Å². The first-order valence-corrected chi connectivity index (χ1v) is 8.40. The molecule has 0 bridgehead atoms. The standard InChI is InChI=1S/C12H11ClN2O4S2/c1-7-8(13)4-3-5-9(7)15-21(17,18)12-10(11(16)19-2)14-6-20-12/h3-6,15H,1-2H3. The molecule has 1 aromatic carbocycles. The Kier molecular flexibility index (Phi) is 4.50. The first-order valence-electron chi connectivity index (χ1n) is 5.66. The minimum absolute atomic E-state index is 0.200. The van der Waals surface area contributed by atoms with Crippen LogP contribution in [-0.4, -0.2) is 26.5 Å². The molecule has 21 heavy (non-hydrogen) atoms. The third-order valence-corrected chi connectivity index (χ3v) is 5.81. The molecule has 0 aliphatic heterocycles. The number of aromatic nitrogens is 1. The molecule has 0 amide bonds. The summed E-state index contributed by atoms with van der Waals surface area (Å²) in [6.07, 6.45) is 0. The van der Waals surface area contributed by atoms with E-state index in [1.165, 1.54) is 5.51 Å². The Morgan fingerprint density at radius 1 is 1.43 bits per heavy atom. The monoisotopic (exact) mass is 346 g/mol. The number of carbonyl (C=O) groups excluding carboxylic acids is 1. The number of anilines is 1. The van der Waals surface area contributed by atoms with Crippen LogP contribution in [0.2, 0.25) is 5.02 Å². The van der Waals surface area contributed by atoms with Crippen molar-refractivity contribution in [3.05, 3.63) is 40.0 Å².